The van der Waals surface area contributed by atoms with Gasteiger partial charge in [-0.1, -0.05) is 20.3 Å². The maximum atomic E-state index is 9.79. The van der Waals surface area contributed by atoms with Crippen LogP contribution in [0.5, 0.6) is 0 Å². The lowest BCUT2D eigenvalue weighted by Gasteiger charge is -2.25. The van der Waals surface area contributed by atoms with Crippen molar-refractivity contribution >= 4 is 0 Å². The minimum absolute atomic E-state index is 0.0180. The lowest BCUT2D eigenvalue weighted by Crippen LogP contribution is -2.18. The first-order valence-corrected chi connectivity index (χ1v) is 5.86. The number of hydrogen-bond donors (Lipinski definition) is 1. The molecule has 0 saturated heterocycles. The van der Waals surface area contributed by atoms with E-state index in [1.54, 1.807) is 0 Å². The van der Waals surface area contributed by atoms with E-state index in [0.717, 1.165) is 36.5 Å². The first-order chi connectivity index (χ1) is 6.18. The summed E-state index contributed by atoms with van der Waals surface area (Å²) in [6, 6.07) is 0. The zero-order chi connectivity index (χ0) is 9.42. The highest BCUT2D eigenvalue weighted by atomic mass is 16.3. The maximum absolute atomic E-state index is 9.79. The summed E-state index contributed by atoms with van der Waals surface area (Å²) < 4.78 is 0. The molecule has 1 nitrogen and oxygen atoms in total. The Bertz CT molecular complexity index is 160. The topological polar surface area (TPSA) is 20.2 Å². The van der Waals surface area contributed by atoms with Gasteiger partial charge in [-0.3, -0.25) is 0 Å². The van der Waals surface area contributed by atoms with E-state index in [-0.39, 0.29) is 6.10 Å². The summed E-state index contributed by atoms with van der Waals surface area (Å²) in [5.74, 6) is 3.36. The third-order valence-electron chi connectivity index (χ3n) is 4.37. The molecule has 0 aromatic rings. The Kier molecular flexibility index (Phi) is 2.64. The van der Waals surface area contributed by atoms with Crippen LogP contribution in [0.3, 0.4) is 0 Å². The van der Waals surface area contributed by atoms with Gasteiger partial charge in [-0.25, -0.2) is 0 Å². The maximum Gasteiger partial charge on any atom is 0.0545 e. The average molecular weight is 182 g/mol. The molecule has 1 heteroatoms. The Morgan fingerprint density at radius 1 is 0.923 bits per heavy atom. The van der Waals surface area contributed by atoms with Gasteiger partial charge < -0.3 is 5.11 Å². The minimum Gasteiger partial charge on any atom is -0.393 e. The largest absolute Gasteiger partial charge is 0.393 e. The lowest BCUT2D eigenvalue weighted by molar-refractivity contribution is 0.128. The molecule has 13 heavy (non-hydrogen) atoms. The van der Waals surface area contributed by atoms with Crippen molar-refractivity contribution in [3.63, 3.8) is 0 Å². The molecule has 76 valence electrons. The number of rotatable bonds is 0. The molecule has 2 aliphatic carbocycles. The highest BCUT2D eigenvalue weighted by Gasteiger charge is 2.38. The molecule has 0 radical (unpaired) electrons. The van der Waals surface area contributed by atoms with E-state index in [2.05, 4.69) is 13.8 Å². The number of aliphatic hydroxyl groups excluding tert-OH is 1. The molecule has 2 fully saturated rings. The molecule has 2 saturated carbocycles. The molecule has 2 rings (SSSR count). The summed E-state index contributed by atoms with van der Waals surface area (Å²) in [7, 11) is 0. The van der Waals surface area contributed by atoms with Crippen molar-refractivity contribution in [2.24, 2.45) is 23.7 Å². The molecule has 4 atom stereocenters. The SMILES string of the molecule is CC1CC(O)CC(C)C2CCCC12. The first-order valence-electron chi connectivity index (χ1n) is 5.86. The zero-order valence-corrected chi connectivity index (χ0v) is 8.87. The third-order valence-corrected chi connectivity index (χ3v) is 4.37. The van der Waals surface area contributed by atoms with Gasteiger partial charge >= 0.3 is 0 Å². The molecule has 0 aromatic heterocycles. The van der Waals surface area contributed by atoms with E-state index in [1.807, 2.05) is 0 Å². The summed E-state index contributed by atoms with van der Waals surface area (Å²) in [4.78, 5) is 0. The van der Waals surface area contributed by atoms with Gasteiger partial charge in [0.1, 0.15) is 0 Å². The second-order valence-corrected chi connectivity index (χ2v) is 5.34. The predicted octanol–water partition coefficient (Wildman–Crippen LogP) is 2.83. The Hall–Kier alpha value is -0.0400. The fourth-order valence-corrected chi connectivity index (χ4v) is 3.73. The first kappa shape index (κ1) is 9.51. The van der Waals surface area contributed by atoms with Gasteiger partial charge in [-0.05, 0) is 49.4 Å². The molecule has 0 aliphatic heterocycles. The Labute approximate surface area is 81.5 Å². The summed E-state index contributed by atoms with van der Waals surface area (Å²) >= 11 is 0. The molecule has 4 unspecified atom stereocenters. The van der Waals surface area contributed by atoms with Crippen LogP contribution in [-0.4, -0.2) is 11.2 Å². The molecule has 0 spiro atoms. The summed E-state index contributed by atoms with van der Waals surface area (Å²) in [6.07, 6.45) is 6.35. The smallest absolute Gasteiger partial charge is 0.0545 e. The summed E-state index contributed by atoms with van der Waals surface area (Å²) in [5.41, 5.74) is 0. The van der Waals surface area contributed by atoms with Crippen molar-refractivity contribution in [1.82, 2.24) is 0 Å². The molecule has 0 amide bonds. The zero-order valence-electron chi connectivity index (χ0n) is 8.87. The Morgan fingerprint density at radius 3 is 1.85 bits per heavy atom. The molecule has 0 heterocycles. The van der Waals surface area contributed by atoms with E-state index < -0.39 is 0 Å². The Morgan fingerprint density at radius 2 is 1.38 bits per heavy atom. The third kappa shape index (κ3) is 1.76. The van der Waals surface area contributed by atoms with Crippen LogP contribution >= 0.6 is 0 Å². The van der Waals surface area contributed by atoms with Crippen LogP contribution in [-0.2, 0) is 0 Å². The summed E-state index contributed by atoms with van der Waals surface area (Å²) in [5, 5.41) is 9.79. The summed E-state index contributed by atoms with van der Waals surface area (Å²) in [6.45, 7) is 4.68. The number of aliphatic hydroxyl groups is 1. The van der Waals surface area contributed by atoms with E-state index in [0.29, 0.717) is 0 Å². The highest BCUT2D eigenvalue weighted by Crippen LogP contribution is 2.46. The molecule has 1 N–H and O–H groups in total. The predicted molar refractivity (Wildman–Crippen MR) is 54.4 cm³/mol. The highest BCUT2D eigenvalue weighted by molar-refractivity contribution is 4.88. The Balaban J connectivity index is 2.12. The van der Waals surface area contributed by atoms with Gasteiger partial charge in [0.25, 0.3) is 0 Å². The van der Waals surface area contributed by atoms with Crippen LogP contribution in [0.2, 0.25) is 0 Å². The standard InChI is InChI=1S/C12H22O/c1-8-6-10(13)7-9(2)12-5-3-4-11(8)12/h8-13H,3-7H2,1-2H3. The molecular weight excluding hydrogens is 160 g/mol. The molecular formula is C12H22O. The monoisotopic (exact) mass is 182 g/mol. The van der Waals surface area contributed by atoms with Gasteiger partial charge in [0.2, 0.25) is 0 Å². The van der Waals surface area contributed by atoms with Gasteiger partial charge in [-0.15, -0.1) is 0 Å². The normalized spacial score (nSPS) is 51.5. The van der Waals surface area contributed by atoms with Crippen LogP contribution in [0, 0.1) is 23.7 Å². The van der Waals surface area contributed by atoms with Crippen LogP contribution in [0.4, 0.5) is 0 Å². The number of fused-ring (bicyclic) bond motifs is 1. The molecule has 0 aromatic carbocycles. The van der Waals surface area contributed by atoms with E-state index in [1.165, 1.54) is 19.3 Å². The second kappa shape index (κ2) is 3.61. The van der Waals surface area contributed by atoms with Crippen molar-refractivity contribution in [2.75, 3.05) is 0 Å². The fraction of sp³-hybridized carbons (Fsp3) is 1.00. The van der Waals surface area contributed by atoms with Crippen molar-refractivity contribution in [3.05, 3.63) is 0 Å². The van der Waals surface area contributed by atoms with Gasteiger partial charge in [0, 0.05) is 0 Å². The van der Waals surface area contributed by atoms with Crippen molar-refractivity contribution in [2.45, 2.75) is 52.1 Å². The second-order valence-electron chi connectivity index (χ2n) is 5.34. The van der Waals surface area contributed by atoms with Crippen LogP contribution in [0.25, 0.3) is 0 Å². The van der Waals surface area contributed by atoms with Gasteiger partial charge in [0.15, 0.2) is 0 Å². The van der Waals surface area contributed by atoms with Crippen LogP contribution in [0.15, 0.2) is 0 Å². The van der Waals surface area contributed by atoms with Crippen LogP contribution in [0.1, 0.15) is 46.0 Å². The van der Waals surface area contributed by atoms with Gasteiger partial charge in [0.05, 0.1) is 6.10 Å². The minimum atomic E-state index is -0.0180. The van der Waals surface area contributed by atoms with E-state index in [4.69, 9.17) is 0 Å². The van der Waals surface area contributed by atoms with E-state index >= 15 is 0 Å². The average Bonchev–Trinajstić information content (AvgIpc) is 2.47. The van der Waals surface area contributed by atoms with E-state index in [9.17, 15) is 5.11 Å². The van der Waals surface area contributed by atoms with Crippen molar-refractivity contribution < 1.29 is 5.11 Å². The fourth-order valence-electron chi connectivity index (χ4n) is 3.73. The molecule has 2 aliphatic rings. The quantitative estimate of drug-likeness (QED) is 0.611. The number of hydrogen-bond acceptors (Lipinski definition) is 1. The van der Waals surface area contributed by atoms with Crippen molar-refractivity contribution in [3.8, 4) is 0 Å². The van der Waals surface area contributed by atoms with Gasteiger partial charge in [-0.2, -0.15) is 0 Å². The van der Waals surface area contributed by atoms with Crippen molar-refractivity contribution in [1.29, 1.82) is 0 Å². The lowest BCUT2D eigenvalue weighted by atomic mass is 9.80. The van der Waals surface area contributed by atoms with Crippen LogP contribution < -0.4 is 0 Å². The molecule has 0 bridgehead atoms.